The number of hydrogen-bond donors (Lipinski definition) is 0. The summed E-state index contributed by atoms with van der Waals surface area (Å²) in [5.74, 6) is 0. The molecule has 13 heavy (non-hydrogen) atoms. The molecule has 0 aliphatic rings. The van der Waals surface area contributed by atoms with E-state index < -0.39 is 0 Å². The number of nitrogens with zero attached hydrogens (tertiary/aromatic N) is 1. The van der Waals surface area contributed by atoms with Gasteiger partial charge in [0.1, 0.15) is 0 Å². The molecule has 0 saturated carbocycles. The predicted octanol–water partition coefficient (Wildman–Crippen LogP) is 1.94. The van der Waals surface area contributed by atoms with E-state index in [0.717, 1.165) is 12.0 Å². The van der Waals surface area contributed by atoms with Crippen molar-refractivity contribution in [3.05, 3.63) is 36.8 Å². The van der Waals surface area contributed by atoms with Gasteiger partial charge in [0.05, 0.1) is 0 Å². The molecule has 0 fully saturated rings. The van der Waals surface area contributed by atoms with Crippen LogP contribution in [-0.2, 0) is 6.42 Å². The van der Waals surface area contributed by atoms with Crippen molar-refractivity contribution in [2.45, 2.75) is 20.3 Å². The van der Waals surface area contributed by atoms with Gasteiger partial charge < -0.3 is 0 Å². The molecule has 3 nitrogen and oxygen atoms in total. The topological polar surface area (TPSA) is 43.1 Å². The molecule has 0 unspecified atom stereocenters. The van der Waals surface area contributed by atoms with Gasteiger partial charge in [-0.1, -0.05) is 0 Å². The van der Waals surface area contributed by atoms with Crippen LogP contribution < -0.4 is 0 Å². The monoisotopic (exact) mass is 245 g/mol. The first-order valence-corrected chi connectivity index (χ1v) is 5.88. The van der Waals surface area contributed by atoms with Crippen molar-refractivity contribution in [3.8, 4) is 0 Å². The van der Waals surface area contributed by atoms with E-state index in [4.69, 9.17) is 0 Å². The van der Waals surface area contributed by atoms with Crippen molar-refractivity contribution in [1.29, 1.82) is 0 Å². The summed E-state index contributed by atoms with van der Waals surface area (Å²) in [5.41, 5.74) is 1.20. The summed E-state index contributed by atoms with van der Waals surface area (Å²) in [6, 6.07) is 2.05. The van der Waals surface area contributed by atoms with Crippen molar-refractivity contribution in [2.75, 3.05) is 0 Å². The molecule has 0 aliphatic heterocycles. The molecule has 4 heteroatoms. The molecular weight excluding hydrogens is 233 g/mol. The first kappa shape index (κ1) is 10.2. The predicted molar refractivity (Wildman–Crippen MR) is 53.4 cm³/mol. The summed E-state index contributed by atoms with van der Waals surface area (Å²) in [6.45, 7) is 3.63. The van der Waals surface area contributed by atoms with Gasteiger partial charge in [-0.15, -0.1) is 0 Å². The second-order valence-corrected chi connectivity index (χ2v) is 4.83. The third-order valence-corrected chi connectivity index (χ3v) is 3.99. The molecule has 70 valence electrons. The number of nitro groups is 1. The minimum atomic E-state index is -0.356. The molecule has 0 aromatic carbocycles. The van der Waals surface area contributed by atoms with Crippen LogP contribution in [0.5, 0.6) is 0 Å². The van der Waals surface area contributed by atoms with Crippen LogP contribution in [-0.4, -0.2) is 19.4 Å². The van der Waals surface area contributed by atoms with Crippen LogP contribution in [0, 0.1) is 10.1 Å². The Balaban J connectivity index is 2.84. The molecule has 0 saturated heterocycles. The van der Waals surface area contributed by atoms with Gasteiger partial charge in [0.2, 0.25) is 0 Å². The van der Waals surface area contributed by atoms with E-state index in [0.29, 0.717) is 14.5 Å². The molecule has 0 spiro atoms. The van der Waals surface area contributed by atoms with Crippen LogP contribution in [0.4, 0.5) is 0 Å². The molecule has 1 aromatic rings. The Labute approximate surface area is 83.0 Å². The minimum absolute atomic E-state index is 0.204. The zero-order valence-corrected chi connectivity index (χ0v) is 9.32. The van der Waals surface area contributed by atoms with E-state index in [2.05, 4.69) is 11.9 Å². The van der Waals surface area contributed by atoms with Crippen LogP contribution in [0.3, 0.4) is 0 Å². The first-order chi connectivity index (χ1) is 6.13. The van der Waals surface area contributed by atoms with Crippen LogP contribution >= 0.6 is 0 Å². The average Bonchev–Trinajstić information content (AvgIpc) is 2.52. The van der Waals surface area contributed by atoms with Crippen molar-refractivity contribution < 1.29 is 4.92 Å². The first-order valence-electron chi connectivity index (χ1n) is 4.03. The molecule has 0 bridgehead atoms. The number of rotatable bonds is 3. The fourth-order valence-corrected chi connectivity index (χ4v) is 2.62. The van der Waals surface area contributed by atoms with Crippen molar-refractivity contribution in [2.24, 2.45) is 0 Å². The van der Waals surface area contributed by atoms with Gasteiger partial charge in [0.25, 0.3) is 0 Å². The van der Waals surface area contributed by atoms with E-state index in [-0.39, 0.29) is 10.6 Å². The Morgan fingerprint density at radius 3 is 2.92 bits per heavy atom. The third kappa shape index (κ3) is 2.83. The molecule has 0 atom stereocenters. The summed E-state index contributed by atoms with van der Waals surface area (Å²) in [5, 5.41) is 10.3. The van der Waals surface area contributed by atoms with Gasteiger partial charge in [-0.2, -0.15) is 0 Å². The fourth-order valence-electron chi connectivity index (χ4n) is 0.953. The second-order valence-electron chi connectivity index (χ2n) is 2.74. The Morgan fingerprint density at radius 1 is 1.77 bits per heavy atom. The summed E-state index contributed by atoms with van der Waals surface area (Å²) in [4.78, 5) is 12.1. The van der Waals surface area contributed by atoms with Crippen LogP contribution in [0.2, 0.25) is 0 Å². The normalized spacial score (nSPS) is 11.7. The average molecular weight is 244 g/mol. The SMILES string of the molecule is CCc1cc(C=C(C)[N+](=O)[O-])c[se]1. The zero-order valence-electron chi connectivity index (χ0n) is 7.61. The molecule has 0 N–H and O–H groups in total. The summed E-state index contributed by atoms with van der Waals surface area (Å²) in [6.07, 6.45) is 2.68. The molecular formula is C9H11NO2Se. The molecule has 0 radical (unpaired) electrons. The Hall–Kier alpha value is -0.861. The third-order valence-electron chi connectivity index (χ3n) is 1.69. The van der Waals surface area contributed by atoms with E-state index >= 15 is 0 Å². The van der Waals surface area contributed by atoms with Gasteiger partial charge >= 0.3 is 82.6 Å². The second kappa shape index (κ2) is 4.40. The number of aryl methyl sites for hydroxylation is 1. The van der Waals surface area contributed by atoms with E-state index in [1.807, 2.05) is 6.07 Å². The number of hydrogen-bond acceptors (Lipinski definition) is 2. The van der Waals surface area contributed by atoms with E-state index in [1.165, 1.54) is 11.4 Å². The maximum absolute atomic E-state index is 10.3. The quantitative estimate of drug-likeness (QED) is 0.463. The summed E-state index contributed by atoms with van der Waals surface area (Å²) in [7, 11) is 0. The molecule has 1 heterocycles. The van der Waals surface area contributed by atoms with Gasteiger partial charge in [0, 0.05) is 0 Å². The van der Waals surface area contributed by atoms with Gasteiger partial charge in [-0.05, 0) is 0 Å². The van der Waals surface area contributed by atoms with Gasteiger partial charge in [0.15, 0.2) is 0 Å². The molecule has 1 rings (SSSR count). The van der Waals surface area contributed by atoms with E-state index in [1.54, 1.807) is 6.08 Å². The summed E-state index contributed by atoms with van der Waals surface area (Å²) >= 11 is 0.414. The van der Waals surface area contributed by atoms with Crippen LogP contribution in [0.25, 0.3) is 6.08 Å². The summed E-state index contributed by atoms with van der Waals surface area (Å²) < 4.78 is 1.40. The maximum atomic E-state index is 10.3. The molecule has 1 aromatic heterocycles. The standard InChI is InChI=1S/C9H11NO2Se/c1-3-9-5-8(6-13-9)4-7(2)10(11)12/h4-6H,3H2,1-2H3. The van der Waals surface area contributed by atoms with Crippen LogP contribution in [0.15, 0.2) is 16.7 Å². The molecule has 0 aliphatic carbocycles. The van der Waals surface area contributed by atoms with E-state index in [9.17, 15) is 10.1 Å². The van der Waals surface area contributed by atoms with Crippen LogP contribution in [0.1, 0.15) is 23.8 Å². The fraction of sp³-hybridized carbons (Fsp3) is 0.333. The van der Waals surface area contributed by atoms with Crippen molar-refractivity contribution in [3.63, 3.8) is 0 Å². The number of allylic oxidation sites excluding steroid dienone is 1. The van der Waals surface area contributed by atoms with Gasteiger partial charge in [-0.25, -0.2) is 0 Å². The van der Waals surface area contributed by atoms with Crippen molar-refractivity contribution in [1.82, 2.24) is 0 Å². The molecule has 0 amide bonds. The Kier molecular flexibility index (Phi) is 3.46. The van der Waals surface area contributed by atoms with Crippen molar-refractivity contribution >= 4 is 20.6 Å². The van der Waals surface area contributed by atoms with Gasteiger partial charge in [-0.3, -0.25) is 0 Å². The zero-order chi connectivity index (χ0) is 9.84. The Bertz CT molecular complexity index is 341. The Morgan fingerprint density at radius 2 is 2.46 bits per heavy atom.